The summed E-state index contributed by atoms with van der Waals surface area (Å²) < 4.78 is 6.39. The van der Waals surface area contributed by atoms with Crippen molar-refractivity contribution in [3.8, 4) is 0 Å². The van der Waals surface area contributed by atoms with Crippen LogP contribution in [0.25, 0.3) is 0 Å². The molecule has 0 aliphatic heterocycles. The number of hydrogen-bond acceptors (Lipinski definition) is 6. The molecule has 1 aromatic heterocycles. The van der Waals surface area contributed by atoms with E-state index < -0.39 is 23.5 Å². The van der Waals surface area contributed by atoms with Gasteiger partial charge in [0.25, 0.3) is 11.8 Å². The average molecular weight is 497 g/mol. The summed E-state index contributed by atoms with van der Waals surface area (Å²) in [4.78, 5) is 53.7. The first kappa shape index (κ1) is 25.9. The highest BCUT2D eigenvalue weighted by Gasteiger charge is 2.38. The van der Waals surface area contributed by atoms with Crippen molar-refractivity contribution in [1.82, 2.24) is 20.0 Å². The van der Waals surface area contributed by atoms with Crippen LogP contribution in [0.5, 0.6) is 0 Å². The van der Waals surface area contributed by atoms with Crippen molar-refractivity contribution in [3.63, 3.8) is 0 Å². The van der Waals surface area contributed by atoms with Gasteiger partial charge in [-0.15, -0.1) is 5.10 Å². The predicted octanol–water partition coefficient (Wildman–Crippen LogP) is 3.29. The summed E-state index contributed by atoms with van der Waals surface area (Å²) in [5, 5.41) is 7.05. The standard InChI is InChI=1S/C27H36N4O5/c1-17(2)15-21(23(32)25-29-31(27(35)36-25)16-18-13-14-18)28-24(33)20-11-7-8-12-22(20)30(3)26(34)19-9-5-4-6-10-19/h4-6,9-10,17-18,20-22H,7-8,11-16H2,1-3H3,(H,28,33)/t20-,21+,22+/m1/s1. The molecule has 2 aromatic rings. The molecule has 2 saturated carbocycles. The number of nitrogens with one attached hydrogen (secondary N) is 1. The van der Waals surface area contributed by atoms with Crippen molar-refractivity contribution in [3.05, 3.63) is 52.3 Å². The van der Waals surface area contributed by atoms with Gasteiger partial charge in [0, 0.05) is 18.7 Å². The van der Waals surface area contributed by atoms with Gasteiger partial charge in [0.2, 0.25) is 11.7 Å². The van der Waals surface area contributed by atoms with E-state index >= 15 is 0 Å². The van der Waals surface area contributed by atoms with Crippen molar-refractivity contribution < 1.29 is 18.8 Å². The predicted molar refractivity (Wildman–Crippen MR) is 133 cm³/mol. The van der Waals surface area contributed by atoms with Crippen LogP contribution in [-0.4, -0.2) is 51.4 Å². The lowest BCUT2D eigenvalue weighted by molar-refractivity contribution is -0.128. The molecule has 3 atom stereocenters. The lowest BCUT2D eigenvalue weighted by Crippen LogP contribution is -2.52. The van der Waals surface area contributed by atoms with Crippen LogP contribution in [0.4, 0.5) is 0 Å². The number of ketones is 1. The topological polar surface area (TPSA) is 115 Å². The number of benzene rings is 1. The number of amides is 2. The van der Waals surface area contributed by atoms with Gasteiger partial charge in [-0.05, 0) is 56.1 Å². The van der Waals surface area contributed by atoms with E-state index in [0.717, 1.165) is 32.1 Å². The molecule has 1 N–H and O–H groups in total. The molecule has 9 nitrogen and oxygen atoms in total. The molecule has 2 amide bonds. The third-order valence-electron chi connectivity index (χ3n) is 7.19. The van der Waals surface area contributed by atoms with Crippen LogP contribution in [0, 0.1) is 17.8 Å². The molecular formula is C27H36N4O5. The maximum Gasteiger partial charge on any atom is 0.437 e. The zero-order valence-corrected chi connectivity index (χ0v) is 21.3. The molecule has 0 saturated heterocycles. The average Bonchev–Trinajstić information content (AvgIpc) is 3.62. The molecule has 1 aromatic carbocycles. The lowest BCUT2D eigenvalue weighted by Gasteiger charge is -2.37. The second-order valence-corrected chi connectivity index (χ2v) is 10.6. The van der Waals surface area contributed by atoms with E-state index in [1.54, 1.807) is 24.1 Å². The minimum atomic E-state index is -0.859. The summed E-state index contributed by atoms with van der Waals surface area (Å²) in [6.45, 7) is 4.37. The van der Waals surface area contributed by atoms with Gasteiger partial charge in [0.15, 0.2) is 0 Å². The maximum atomic E-state index is 13.5. The first-order valence-electron chi connectivity index (χ1n) is 13.0. The summed E-state index contributed by atoms with van der Waals surface area (Å²) >= 11 is 0. The van der Waals surface area contributed by atoms with Gasteiger partial charge in [-0.3, -0.25) is 14.4 Å². The van der Waals surface area contributed by atoms with E-state index in [-0.39, 0.29) is 29.7 Å². The van der Waals surface area contributed by atoms with Gasteiger partial charge in [-0.2, -0.15) is 4.68 Å². The van der Waals surface area contributed by atoms with Crippen LogP contribution in [0.2, 0.25) is 0 Å². The highest BCUT2D eigenvalue weighted by atomic mass is 16.4. The molecule has 2 fully saturated rings. The number of rotatable bonds is 10. The number of carbonyl (C=O) groups excluding carboxylic acids is 3. The molecular weight excluding hydrogens is 460 g/mol. The monoisotopic (exact) mass is 496 g/mol. The SMILES string of the molecule is CC(C)C[C@H](NC(=O)[C@@H]1CCCC[C@@H]1N(C)C(=O)c1ccccc1)C(=O)c1nn(CC2CC2)c(=O)o1. The normalized spacial score (nSPS) is 20.7. The van der Waals surface area contributed by atoms with E-state index in [1.807, 2.05) is 32.0 Å². The number of carbonyl (C=O) groups is 3. The Kier molecular flexibility index (Phi) is 8.06. The highest BCUT2D eigenvalue weighted by molar-refractivity contribution is 5.99. The molecule has 0 bridgehead atoms. The molecule has 2 aliphatic carbocycles. The molecule has 194 valence electrons. The smallest absolute Gasteiger partial charge is 0.384 e. The summed E-state index contributed by atoms with van der Waals surface area (Å²) in [6, 6.07) is 7.90. The Morgan fingerprint density at radius 3 is 2.47 bits per heavy atom. The van der Waals surface area contributed by atoms with Crippen LogP contribution in [0.1, 0.15) is 79.8 Å². The Morgan fingerprint density at radius 2 is 1.81 bits per heavy atom. The zero-order valence-electron chi connectivity index (χ0n) is 21.3. The molecule has 0 radical (unpaired) electrons. The second kappa shape index (κ2) is 11.2. The Bertz CT molecular complexity index is 1130. The van der Waals surface area contributed by atoms with E-state index in [1.165, 1.54) is 4.68 Å². The molecule has 1 heterocycles. The van der Waals surface area contributed by atoms with E-state index in [4.69, 9.17) is 4.42 Å². The van der Waals surface area contributed by atoms with E-state index in [2.05, 4.69) is 10.4 Å². The largest absolute Gasteiger partial charge is 0.437 e. The molecule has 36 heavy (non-hydrogen) atoms. The number of nitrogens with zero attached hydrogens (tertiary/aromatic N) is 3. The Labute approximate surface area is 211 Å². The molecule has 9 heteroatoms. The zero-order chi connectivity index (χ0) is 25.8. The van der Waals surface area contributed by atoms with Crippen LogP contribution >= 0.6 is 0 Å². The van der Waals surface area contributed by atoms with E-state index in [9.17, 15) is 19.2 Å². The minimum Gasteiger partial charge on any atom is -0.384 e. The Balaban J connectivity index is 1.49. The summed E-state index contributed by atoms with van der Waals surface area (Å²) in [5.74, 6) is -1.70. The molecule has 2 aliphatic rings. The van der Waals surface area contributed by atoms with Gasteiger partial charge >= 0.3 is 5.76 Å². The van der Waals surface area contributed by atoms with Crippen molar-refractivity contribution in [1.29, 1.82) is 0 Å². The van der Waals surface area contributed by atoms with Gasteiger partial charge in [-0.1, -0.05) is 44.9 Å². The highest BCUT2D eigenvalue weighted by Crippen LogP contribution is 2.30. The van der Waals surface area contributed by atoms with Gasteiger partial charge in [-0.25, -0.2) is 4.79 Å². The second-order valence-electron chi connectivity index (χ2n) is 10.6. The summed E-state index contributed by atoms with van der Waals surface area (Å²) in [7, 11) is 1.74. The fraction of sp³-hybridized carbons (Fsp3) is 0.593. The first-order valence-corrected chi connectivity index (χ1v) is 13.0. The third kappa shape index (κ3) is 6.12. The fourth-order valence-electron chi connectivity index (χ4n) is 5.01. The van der Waals surface area contributed by atoms with Crippen LogP contribution in [0.15, 0.2) is 39.5 Å². The third-order valence-corrected chi connectivity index (χ3v) is 7.19. The van der Waals surface area contributed by atoms with Gasteiger partial charge in [0.05, 0.1) is 18.5 Å². The van der Waals surface area contributed by atoms with Crippen molar-refractivity contribution in [2.75, 3.05) is 7.05 Å². The number of Topliss-reactive ketones (excluding diaryl/α,β-unsaturated/α-hetero) is 1. The quantitative estimate of drug-likeness (QED) is 0.505. The van der Waals surface area contributed by atoms with Gasteiger partial charge in [0.1, 0.15) is 0 Å². The molecule has 0 unspecified atom stereocenters. The minimum absolute atomic E-state index is 0.115. The molecule has 4 rings (SSSR count). The summed E-state index contributed by atoms with van der Waals surface area (Å²) in [5.41, 5.74) is 0.578. The lowest BCUT2D eigenvalue weighted by atomic mass is 9.82. The Morgan fingerprint density at radius 1 is 1.11 bits per heavy atom. The van der Waals surface area contributed by atoms with Crippen molar-refractivity contribution in [2.24, 2.45) is 17.8 Å². The number of hydrogen-bond donors (Lipinski definition) is 1. The number of aromatic nitrogens is 2. The van der Waals surface area contributed by atoms with Crippen LogP contribution in [-0.2, 0) is 11.3 Å². The fourth-order valence-corrected chi connectivity index (χ4v) is 5.01. The summed E-state index contributed by atoms with van der Waals surface area (Å²) in [6.07, 6.45) is 5.63. The van der Waals surface area contributed by atoms with Crippen molar-refractivity contribution in [2.45, 2.75) is 77.4 Å². The Hall–Kier alpha value is -3.23. The van der Waals surface area contributed by atoms with Crippen LogP contribution < -0.4 is 11.1 Å². The van der Waals surface area contributed by atoms with Gasteiger partial charge < -0.3 is 14.6 Å². The van der Waals surface area contributed by atoms with Crippen LogP contribution in [0.3, 0.4) is 0 Å². The van der Waals surface area contributed by atoms with E-state index in [0.29, 0.717) is 30.9 Å². The first-order chi connectivity index (χ1) is 17.2. The maximum absolute atomic E-state index is 13.5. The molecule has 0 spiro atoms. The van der Waals surface area contributed by atoms with Crippen molar-refractivity contribution >= 4 is 17.6 Å².